The quantitative estimate of drug-likeness (QED) is 0.865. The van der Waals surface area contributed by atoms with E-state index in [0.29, 0.717) is 12.6 Å². The molecule has 0 aromatic carbocycles. The predicted octanol–water partition coefficient (Wildman–Crippen LogP) is 1.43. The Morgan fingerprint density at radius 1 is 1.58 bits per heavy atom. The third-order valence-corrected chi connectivity index (χ3v) is 3.51. The Bertz CT molecular complexity index is 411. The van der Waals surface area contributed by atoms with Crippen molar-refractivity contribution in [1.82, 2.24) is 20.2 Å². The lowest BCUT2D eigenvalue weighted by atomic mass is 10.1. The van der Waals surface area contributed by atoms with Crippen molar-refractivity contribution in [2.45, 2.75) is 39.3 Å². The normalized spacial score (nSPS) is 16.6. The Balaban J connectivity index is 1.72. The molecule has 1 fully saturated rings. The van der Waals surface area contributed by atoms with Crippen LogP contribution in [0.4, 0.5) is 4.79 Å². The van der Waals surface area contributed by atoms with Gasteiger partial charge >= 0.3 is 6.09 Å². The number of nitrogens with one attached hydrogen (secondary N) is 2. The minimum atomic E-state index is -0.191. The lowest BCUT2D eigenvalue weighted by molar-refractivity contribution is 0.0950. The van der Waals surface area contributed by atoms with Gasteiger partial charge in [-0.05, 0) is 26.7 Å². The first-order chi connectivity index (χ1) is 9.20. The van der Waals surface area contributed by atoms with E-state index < -0.39 is 0 Å². The molecule has 2 heterocycles. The molecule has 0 unspecified atom stereocenters. The fourth-order valence-corrected chi connectivity index (χ4v) is 2.29. The maximum atomic E-state index is 11.6. The summed E-state index contributed by atoms with van der Waals surface area (Å²) in [7, 11) is 0. The van der Waals surface area contributed by atoms with Crippen LogP contribution in [-0.4, -0.2) is 46.7 Å². The number of nitrogens with zero attached hydrogens (tertiary/aromatic N) is 2. The number of aromatic amines is 1. The molecule has 0 atom stereocenters. The number of hydrogen-bond donors (Lipinski definition) is 2. The molecule has 19 heavy (non-hydrogen) atoms. The predicted molar refractivity (Wildman–Crippen MR) is 71.8 cm³/mol. The number of aromatic nitrogens is 2. The van der Waals surface area contributed by atoms with E-state index in [1.165, 1.54) is 0 Å². The van der Waals surface area contributed by atoms with E-state index in [2.05, 4.69) is 15.3 Å². The van der Waals surface area contributed by atoms with Crippen molar-refractivity contribution in [3.05, 3.63) is 17.7 Å². The molecule has 1 aliphatic rings. The van der Waals surface area contributed by atoms with Gasteiger partial charge in [0, 0.05) is 31.4 Å². The molecule has 1 saturated heterocycles. The molecule has 0 radical (unpaired) electrons. The van der Waals surface area contributed by atoms with E-state index >= 15 is 0 Å². The van der Waals surface area contributed by atoms with E-state index in [4.69, 9.17) is 4.74 Å². The SMILES string of the molecule is CCOC(=O)N1CCC(NCc2nc[nH]c2C)CC1. The number of aryl methyl sites for hydroxylation is 1. The fourth-order valence-electron chi connectivity index (χ4n) is 2.29. The van der Waals surface area contributed by atoms with Gasteiger partial charge in [0.25, 0.3) is 0 Å². The van der Waals surface area contributed by atoms with E-state index in [1.807, 2.05) is 13.8 Å². The van der Waals surface area contributed by atoms with E-state index in [1.54, 1.807) is 11.2 Å². The van der Waals surface area contributed by atoms with Crippen LogP contribution in [0.3, 0.4) is 0 Å². The van der Waals surface area contributed by atoms with Crippen molar-refractivity contribution in [2.75, 3.05) is 19.7 Å². The van der Waals surface area contributed by atoms with Crippen molar-refractivity contribution in [3.63, 3.8) is 0 Å². The van der Waals surface area contributed by atoms with Crippen LogP contribution in [-0.2, 0) is 11.3 Å². The largest absolute Gasteiger partial charge is 0.450 e. The van der Waals surface area contributed by atoms with Gasteiger partial charge in [0.15, 0.2) is 0 Å². The monoisotopic (exact) mass is 266 g/mol. The zero-order valence-corrected chi connectivity index (χ0v) is 11.6. The lowest BCUT2D eigenvalue weighted by Gasteiger charge is -2.31. The summed E-state index contributed by atoms with van der Waals surface area (Å²) in [5.74, 6) is 0. The van der Waals surface area contributed by atoms with Crippen LogP contribution < -0.4 is 5.32 Å². The molecule has 6 heteroatoms. The average Bonchev–Trinajstić information content (AvgIpc) is 2.83. The zero-order chi connectivity index (χ0) is 13.7. The summed E-state index contributed by atoms with van der Waals surface area (Å²) in [6.45, 7) is 6.59. The minimum absolute atomic E-state index is 0.191. The third-order valence-electron chi connectivity index (χ3n) is 3.51. The molecule has 0 bridgehead atoms. The summed E-state index contributed by atoms with van der Waals surface area (Å²) in [5.41, 5.74) is 2.17. The topological polar surface area (TPSA) is 70.2 Å². The van der Waals surface area contributed by atoms with Crippen LogP contribution in [0.25, 0.3) is 0 Å². The molecule has 1 aromatic heterocycles. The van der Waals surface area contributed by atoms with E-state index in [9.17, 15) is 4.79 Å². The standard InChI is InChI=1S/C13H22N4O2/c1-3-19-13(18)17-6-4-11(5-7-17)14-8-12-10(2)15-9-16-12/h9,11,14H,3-8H2,1-2H3,(H,15,16). The molecule has 1 aromatic rings. The number of piperidine rings is 1. The van der Waals surface area contributed by atoms with Crippen molar-refractivity contribution >= 4 is 6.09 Å². The fraction of sp³-hybridized carbons (Fsp3) is 0.692. The molecule has 2 rings (SSSR count). The highest BCUT2D eigenvalue weighted by atomic mass is 16.6. The first-order valence-corrected chi connectivity index (χ1v) is 6.84. The molecule has 1 amide bonds. The van der Waals surface area contributed by atoms with Crippen molar-refractivity contribution in [1.29, 1.82) is 0 Å². The number of rotatable bonds is 4. The molecule has 2 N–H and O–H groups in total. The number of carbonyl (C=O) groups excluding carboxylic acids is 1. The minimum Gasteiger partial charge on any atom is -0.450 e. The molecule has 6 nitrogen and oxygen atoms in total. The van der Waals surface area contributed by atoms with Crippen molar-refractivity contribution in [3.8, 4) is 0 Å². The average molecular weight is 266 g/mol. The van der Waals surface area contributed by atoms with Crippen LogP contribution in [0.5, 0.6) is 0 Å². The smallest absolute Gasteiger partial charge is 0.409 e. The number of hydrogen-bond acceptors (Lipinski definition) is 4. The Morgan fingerprint density at radius 2 is 2.32 bits per heavy atom. The number of ether oxygens (including phenoxy) is 1. The molecule has 0 aliphatic carbocycles. The summed E-state index contributed by atoms with van der Waals surface area (Å²) in [6, 6.07) is 0.446. The highest BCUT2D eigenvalue weighted by Crippen LogP contribution is 2.12. The van der Waals surface area contributed by atoms with Crippen LogP contribution in [0, 0.1) is 6.92 Å². The van der Waals surface area contributed by atoms with Gasteiger partial charge < -0.3 is 19.9 Å². The Morgan fingerprint density at radius 3 is 2.89 bits per heavy atom. The number of H-pyrrole nitrogens is 1. The van der Waals surface area contributed by atoms with Gasteiger partial charge in [-0.2, -0.15) is 0 Å². The number of carbonyl (C=O) groups is 1. The number of imidazole rings is 1. The van der Waals surface area contributed by atoms with Gasteiger partial charge in [-0.1, -0.05) is 0 Å². The highest BCUT2D eigenvalue weighted by Gasteiger charge is 2.23. The lowest BCUT2D eigenvalue weighted by Crippen LogP contribution is -2.45. The second kappa shape index (κ2) is 6.56. The van der Waals surface area contributed by atoms with Gasteiger partial charge in [0.2, 0.25) is 0 Å². The van der Waals surface area contributed by atoms with E-state index in [0.717, 1.165) is 43.9 Å². The summed E-state index contributed by atoms with van der Waals surface area (Å²) in [4.78, 5) is 20.7. The van der Waals surface area contributed by atoms with Gasteiger partial charge in [-0.15, -0.1) is 0 Å². The van der Waals surface area contributed by atoms with Crippen LogP contribution in [0.15, 0.2) is 6.33 Å². The second-order valence-electron chi connectivity index (χ2n) is 4.82. The Labute approximate surface area is 113 Å². The van der Waals surface area contributed by atoms with Crippen molar-refractivity contribution in [2.24, 2.45) is 0 Å². The Kier molecular flexibility index (Phi) is 4.79. The Hall–Kier alpha value is -1.56. The number of likely N-dealkylation sites (tertiary alicyclic amines) is 1. The maximum Gasteiger partial charge on any atom is 0.409 e. The first kappa shape index (κ1) is 13.9. The molecule has 106 valence electrons. The maximum absolute atomic E-state index is 11.6. The first-order valence-electron chi connectivity index (χ1n) is 6.84. The van der Waals surface area contributed by atoms with E-state index in [-0.39, 0.29) is 6.09 Å². The zero-order valence-electron chi connectivity index (χ0n) is 11.6. The van der Waals surface area contributed by atoms with Gasteiger partial charge in [-0.25, -0.2) is 9.78 Å². The molecule has 0 saturated carbocycles. The highest BCUT2D eigenvalue weighted by molar-refractivity contribution is 5.67. The molecule has 1 aliphatic heterocycles. The van der Waals surface area contributed by atoms with Crippen LogP contribution in [0.1, 0.15) is 31.2 Å². The van der Waals surface area contributed by atoms with Crippen molar-refractivity contribution < 1.29 is 9.53 Å². The second-order valence-corrected chi connectivity index (χ2v) is 4.82. The summed E-state index contributed by atoms with van der Waals surface area (Å²) in [5, 5.41) is 3.50. The molecule has 0 spiro atoms. The number of amides is 1. The summed E-state index contributed by atoms with van der Waals surface area (Å²) >= 11 is 0. The van der Waals surface area contributed by atoms with Crippen LogP contribution >= 0.6 is 0 Å². The van der Waals surface area contributed by atoms with Gasteiger partial charge in [0.1, 0.15) is 0 Å². The third kappa shape index (κ3) is 3.70. The van der Waals surface area contributed by atoms with Gasteiger partial charge in [0.05, 0.1) is 18.6 Å². The summed E-state index contributed by atoms with van der Waals surface area (Å²) in [6.07, 6.45) is 3.45. The van der Waals surface area contributed by atoms with Gasteiger partial charge in [-0.3, -0.25) is 0 Å². The molecular weight excluding hydrogens is 244 g/mol. The molecular formula is C13H22N4O2. The summed E-state index contributed by atoms with van der Waals surface area (Å²) < 4.78 is 5.00. The van der Waals surface area contributed by atoms with Crippen LogP contribution in [0.2, 0.25) is 0 Å².